The van der Waals surface area contributed by atoms with Crippen molar-refractivity contribution in [3.05, 3.63) is 272 Å². The Hall–Kier alpha value is -8.67. The number of rotatable bonds is 8. The van der Waals surface area contributed by atoms with Crippen molar-refractivity contribution in [2.75, 3.05) is 0 Å². The zero-order chi connectivity index (χ0) is 54.3. The van der Waals surface area contributed by atoms with Gasteiger partial charge in [-0.3, -0.25) is 4.57 Å². The van der Waals surface area contributed by atoms with Crippen LogP contribution in [0.3, 0.4) is 0 Å². The van der Waals surface area contributed by atoms with Gasteiger partial charge in [-0.2, -0.15) is 18.2 Å². The smallest absolute Gasteiger partial charge is 0.268 e. The minimum atomic E-state index is -2.94. The van der Waals surface area contributed by atoms with Gasteiger partial charge in [-0.15, -0.1) is 29.7 Å². The molecule has 10 aromatic carbocycles. The van der Waals surface area contributed by atoms with E-state index in [1.54, 1.807) is 0 Å². The van der Waals surface area contributed by atoms with Crippen molar-refractivity contribution in [3.8, 4) is 62.1 Å². The van der Waals surface area contributed by atoms with Gasteiger partial charge in [0.15, 0.2) is 8.07 Å². The standard InChI is InChI=1S/C74H58N4OSi.Pt/c1-73(2,3)50-43-44-75-70(45-50)78-67-37-19-18-33-61(67)62-41-39-53(47-69(62)78)79-52-24-20-23-51(46-52)76-49-77-71-64(34-21-36-66(71)74(4,5)6)65-48-57(40-42-60(65)58-31-16-17-32-59(58)63-35-22-38-68(76)72(63)77)80(54-25-10-7-11-26-54,55-27-12-8-13-28-55)56-29-14-9-15-30-56;/h7-45,48H,1-6H3;/q-2;. The Morgan fingerprint density at radius 3 is 1.73 bits per heavy atom. The summed E-state index contributed by atoms with van der Waals surface area (Å²) in [6, 6.07) is 93.9. The van der Waals surface area contributed by atoms with Crippen LogP contribution in [0.5, 0.6) is 11.5 Å². The largest absolute Gasteiger partial charge is 0.510 e. The van der Waals surface area contributed by atoms with Crippen LogP contribution < -0.4 is 30.1 Å². The summed E-state index contributed by atoms with van der Waals surface area (Å²) in [6.45, 7) is 13.7. The third kappa shape index (κ3) is 8.63. The van der Waals surface area contributed by atoms with Gasteiger partial charge in [-0.05, 0) is 105 Å². The average molecular weight is 1240 g/mol. The van der Waals surface area contributed by atoms with Gasteiger partial charge < -0.3 is 13.9 Å². The second-order valence-corrected chi connectivity index (χ2v) is 27.0. The summed E-state index contributed by atoms with van der Waals surface area (Å²) in [4.78, 5) is 4.91. The van der Waals surface area contributed by atoms with Gasteiger partial charge in [0.1, 0.15) is 5.82 Å². The zero-order valence-corrected chi connectivity index (χ0v) is 49.4. The van der Waals surface area contributed by atoms with E-state index in [0.717, 1.165) is 66.7 Å². The summed E-state index contributed by atoms with van der Waals surface area (Å²) in [7, 11) is -2.94. The van der Waals surface area contributed by atoms with Crippen molar-refractivity contribution in [1.82, 2.24) is 14.1 Å². The maximum Gasteiger partial charge on any atom is 0.268 e. The van der Waals surface area contributed by atoms with E-state index in [0.29, 0.717) is 11.5 Å². The molecular formula is C74H58N4OPtSi-2. The number of nitrogens with zero attached hydrogens (tertiary/aromatic N) is 4. The summed E-state index contributed by atoms with van der Waals surface area (Å²) >= 11 is 0. The van der Waals surface area contributed by atoms with Crippen LogP contribution in [0.2, 0.25) is 0 Å². The molecule has 0 aliphatic carbocycles. The first-order chi connectivity index (χ1) is 38.9. The predicted octanol–water partition coefficient (Wildman–Crippen LogP) is 14.9. The molecule has 3 aromatic heterocycles. The molecule has 0 spiro atoms. The van der Waals surface area contributed by atoms with Gasteiger partial charge in [-0.25, -0.2) is 4.98 Å². The Labute approximate surface area is 489 Å². The Kier molecular flexibility index (Phi) is 12.9. The van der Waals surface area contributed by atoms with Crippen molar-refractivity contribution in [1.29, 1.82) is 0 Å². The summed E-state index contributed by atoms with van der Waals surface area (Å²) < 4.78 is 13.5. The molecule has 81 heavy (non-hydrogen) atoms. The monoisotopic (exact) mass is 1240 g/mol. The normalized spacial score (nSPS) is 12.2. The van der Waals surface area contributed by atoms with Crippen molar-refractivity contribution in [3.63, 3.8) is 0 Å². The molecule has 13 aromatic rings. The molecule has 0 bridgehead atoms. The van der Waals surface area contributed by atoms with Gasteiger partial charge in [0.05, 0.1) is 16.7 Å². The SMILES string of the molecule is CC(C)(C)c1ccnc(-n2c3[c-]c(Oc4[c-]c(-n5[c-][n+]6c7c(cccc75)-c5ccccc5-c5ccc([Si](c7ccccc7)(c7ccccc7)c7ccccc7)cc5-c5cccc(C(C)(C)C)c5-6)ccc4)ccc3c3ccccc32)c1.[Pt]. The van der Waals surface area contributed by atoms with Crippen LogP contribution in [0.1, 0.15) is 52.7 Å². The minimum Gasteiger partial charge on any atom is -0.510 e. The molecule has 0 unspecified atom stereocenters. The molecule has 14 rings (SSSR count). The van der Waals surface area contributed by atoms with Crippen LogP contribution in [-0.2, 0) is 31.9 Å². The number of fused-ring (bicyclic) bond motifs is 10. The molecular weight excluding hydrogens is 1180 g/mol. The zero-order valence-electron chi connectivity index (χ0n) is 46.1. The van der Waals surface area contributed by atoms with Crippen molar-refractivity contribution in [2.24, 2.45) is 0 Å². The van der Waals surface area contributed by atoms with Gasteiger partial charge in [0, 0.05) is 44.3 Å². The van der Waals surface area contributed by atoms with E-state index in [-0.39, 0.29) is 31.9 Å². The molecule has 5 nitrogen and oxygen atoms in total. The van der Waals surface area contributed by atoms with E-state index >= 15 is 0 Å². The van der Waals surface area contributed by atoms with Gasteiger partial charge >= 0.3 is 0 Å². The molecule has 0 fully saturated rings. The maximum atomic E-state index is 6.82. The Bertz CT molecular complexity index is 4430. The molecule has 1 aliphatic rings. The van der Waals surface area contributed by atoms with Crippen LogP contribution in [-0.4, -0.2) is 22.2 Å². The van der Waals surface area contributed by atoms with Crippen molar-refractivity contribution in [2.45, 2.75) is 52.4 Å². The molecule has 0 saturated carbocycles. The third-order valence-corrected chi connectivity index (χ3v) is 21.0. The molecule has 0 amide bonds. The second-order valence-electron chi connectivity index (χ2n) is 23.1. The van der Waals surface area contributed by atoms with Crippen LogP contribution in [0, 0.1) is 18.5 Å². The van der Waals surface area contributed by atoms with Crippen LogP contribution in [0.4, 0.5) is 0 Å². The number of benzene rings is 10. The first-order valence-electron chi connectivity index (χ1n) is 27.6. The molecule has 0 atom stereocenters. The van der Waals surface area contributed by atoms with Crippen LogP contribution in [0.25, 0.3) is 83.4 Å². The van der Waals surface area contributed by atoms with Crippen LogP contribution >= 0.6 is 0 Å². The van der Waals surface area contributed by atoms with Crippen molar-refractivity contribution >= 4 is 61.7 Å². The number of ether oxygens (including phenoxy) is 1. The molecule has 4 heterocycles. The molecule has 0 N–H and O–H groups in total. The summed E-state index contributed by atoms with van der Waals surface area (Å²) in [5, 5.41) is 7.53. The molecule has 0 saturated heterocycles. The first-order valence-corrected chi connectivity index (χ1v) is 29.6. The molecule has 0 radical (unpaired) electrons. The second kappa shape index (κ2) is 20.1. The fraction of sp³-hybridized carbons (Fsp3) is 0.108. The number of imidazole rings is 1. The van der Waals surface area contributed by atoms with E-state index in [4.69, 9.17) is 9.72 Å². The third-order valence-electron chi connectivity index (χ3n) is 16.2. The maximum absolute atomic E-state index is 6.82. The fourth-order valence-electron chi connectivity index (χ4n) is 12.5. The van der Waals surface area contributed by atoms with E-state index in [9.17, 15) is 0 Å². The Balaban J connectivity index is 0.00000618. The molecule has 1 aliphatic heterocycles. The number of aromatic nitrogens is 4. The number of para-hydroxylation sites is 3. The number of hydrogen-bond acceptors (Lipinski definition) is 2. The quantitative estimate of drug-likeness (QED) is 0.0658. The number of pyridine rings is 1. The van der Waals surface area contributed by atoms with Gasteiger partial charge in [-0.1, -0.05) is 235 Å². The van der Waals surface area contributed by atoms with E-state index in [2.05, 4.69) is 292 Å². The topological polar surface area (TPSA) is 35.9 Å². The number of hydrogen-bond donors (Lipinski definition) is 0. The van der Waals surface area contributed by atoms with Gasteiger partial charge in [0.25, 0.3) is 6.33 Å². The van der Waals surface area contributed by atoms with E-state index in [1.807, 2.05) is 24.4 Å². The molecule has 396 valence electrons. The van der Waals surface area contributed by atoms with Gasteiger partial charge in [0.2, 0.25) is 0 Å². The summed E-state index contributed by atoms with van der Waals surface area (Å²) in [6.07, 6.45) is 5.91. The van der Waals surface area contributed by atoms with E-state index in [1.165, 1.54) is 48.6 Å². The predicted molar refractivity (Wildman–Crippen MR) is 331 cm³/mol. The Morgan fingerprint density at radius 1 is 0.457 bits per heavy atom. The first kappa shape index (κ1) is 51.7. The summed E-state index contributed by atoms with van der Waals surface area (Å²) in [5.74, 6) is 2.00. The van der Waals surface area contributed by atoms with E-state index < -0.39 is 8.07 Å². The van der Waals surface area contributed by atoms with Crippen molar-refractivity contribution < 1.29 is 30.4 Å². The Morgan fingerprint density at radius 2 is 1.04 bits per heavy atom. The average Bonchev–Trinajstić information content (AvgIpc) is 3.45. The summed E-state index contributed by atoms with van der Waals surface area (Å²) in [5.41, 5.74) is 15.0. The van der Waals surface area contributed by atoms with Crippen LogP contribution in [0.15, 0.2) is 243 Å². The fourth-order valence-corrected chi connectivity index (χ4v) is 17.3. The molecule has 7 heteroatoms. The minimum absolute atomic E-state index is 0.